The van der Waals surface area contributed by atoms with E-state index in [1.807, 2.05) is 28.8 Å². The summed E-state index contributed by atoms with van der Waals surface area (Å²) in [4.78, 5) is 33.4. The number of benzene rings is 1. The average Bonchev–Trinajstić information content (AvgIpc) is 3.17. The van der Waals surface area contributed by atoms with Gasteiger partial charge in [-0.05, 0) is 49.9 Å². The number of esters is 1. The summed E-state index contributed by atoms with van der Waals surface area (Å²) in [5.41, 5.74) is 9.91. The molecule has 188 valence electrons. The number of imidazole rings is 1. The number of fused-ring (bicyclic) bond motifs is 1. The Kier molecular flexibility index (Phi) is 7.38. The minimum absolute atomic E-state index is 0.195. The number of ether oxygens (including phenoxy) is 2. The molecule has 0 fully saturated rings. The zero-order chi connectivity index (χ0) is 25.8. The van der Waals surface area contributed by atoms with E-state index in [9.17, 15) is 9.59 Å². The third-order valence-corrected chi connectivity index (χ3v) is 6.12. The highest BCUT2D eigenvalue weighted by atomic mass is 16.5. The number of hydrogen-bond donors (Lipinski definition) is 1. The van der Waals surface area contributed by atoms with Crippen molar-refractivity contribution >= 4 is 23.0 Å². The number of anilines is 1. The van der Waals surface area contributed by atoms with E-state index in [-0.39, 0.29) is 5.56 Å². The maximum absolute atomic E-state index is 12.4. The number of aryl methyl sites for hydroxylation is 2. The van der Waals surface area contributed by atoms with Crippen molar-refractivity contribution in [2.75, 3.05) is 19.5 Å². The Morgan fingerprint density at radius 1 is 1.17 bits per heavy atom. The Morgan fingerprint density at radius 3 is 2.72 bits per heavy atom. The van der Waals surface area contributed by atoms with E-state index in [0.29, 0.717) is 46.7 Å². The normalized spacial score (nSPS) is 12.0. The van der Waals surface area contributed by atoms with Crippen LogP contribution in [0.3, 0.4) is 0 Å². The first-order valence-electron chi connectivity index (χ1n) is 11.9. The molecule has 9 nitrogen and oxygen atoms in total. The maximum Gasteiger partial charge on any atom is 0.337 e. The molecule has 4 rings (SSSR count). The molecule has 0 bridgehead atoms. The first-order valence-corrected chi connectivity index (χ1v) is 11.9. The molecule has 2 N–H and O–H groups in total. The van der Waals surface area contributed by atoms with E-state index in [1.165, 1.54) is 17.7 Å². The van der Waals surface area contributed by atoms with Gasteiger partial charge in [-0.15, -0.1) is 0 Å². The molecule has 0 saturated heterocycles. The van der Waals surface area contributed by atoms with Gasteiger partial charge in [0.1, 0.15) is 5.75 Å². The van der Waals surface area contributed by atoms with Gasteiger partial charge in [0.05, 0.1) is 36.0 Å². The number of pyridine rings is 2. The van der Waals surface area contributed by atoms with Gasteiger partial charge in [0, 0.05) is 37.1 Å². The Balaban J connectivity index is 1.45. The van der Waals surface area contributed by atoms with Gasteiger partial charge >= 0.3 is 5.97 Å². The van der Waals surface area contributed by atoms with Gasteiger partial charge in [0.2, 0.25) is 5.95 Å². The topological polar surface area (TPSA) is 114 Å². The Bertz CT molecular complexity index is 1460. The SMILES string of the molecule is COC(=O)c1cc(C)nc(-c2cc(=O)n(C)cc2OCCC[C@@H](C)Cn2c(N)nc3ccccc32)c1. The third-order valence-electron chi connectivity index (χ3n) is 6.12. The van der Waals surface area contributed by atoms with E-state index in [2.05, 4.69) is 16.9 Å². The number of aromatic nitrogens is 4. The predicted octanol–water partition coefficient (Wildman–Crippen LogP) is 3.97. The summed E-state index contributed by atoms with van der Waals surface area (Å²) < 4.78 is 14.5. The zero-order valence-corrected chi connectivity index (χ0v) is 21.0. The van der Waals surface area contributed by atoms with Crippen molar-refractivity contribution in [2.45, 2.75) is 33.2 Å². The van der Waals surface area contributed by atoms with E-state index in [1.54, 1.807) is 32.3 Å². The maximum atomic E-state index is 12.4. The standard InChI is InChI=1S/C27H31N5O4/c1-17(15-32-23-10-6-5-9-21(23)30-27(32)28)8-7-11-36-24-16-31(3)25(33)14-20(24)22-13-19(26(34)35-4)12-18(2)29-22/h5-6,9-10,12-14,16-17H,7-8,11,15H2,1-4H3,(H2,28,30)/t17-/m1/s1. The molecule has 0 aliphatic heterocycles. The molecule has 0 spiro atoms. The third kappa shape index (κ3) is 5.40. The fourth-order valence-electron chi connectivity index (χ4n) is 4.27. The molecule has 1 atom stereocenters. The second-order valence-corrected chi connectivity index (χ2v) is 9.04. The van der Waals surface area contributed by atoms with Gasteiger partial charge in [-0.2, -0.15) is 0 Å². The fourth-order valence-corrected chi connectivity index (χ4v) is 4.27. The monoisotopic (exact) mass is 489 g/mol. The van der Waals surface area contributed by atoms with Crippen LogP contribution in [0.15, 0.2) is 53.5 Å². The van der Waals surface area contributed by atoms with E-state index in [0.717, 1.165) is 30.4 Å². The fraction of sp³-hybridized carbons (Fsp3) is 0.333. The minimum Gasteiger partial charge on any atom is -0.491 e. The summed E-state index contributed by atoms with van der Waals surface area (Å²) in [5, 5.41) is 0. The Morgan fingerprint density at radius 2 is 1.94 bits per heavy atom. The number of rotatable bonds is 9. The van der Waals surface area contributed by atoms with Gasteiger partial charge in [-0.1, -0.05) is 19.1 Å². The molecule has 0 saturated carbocycles. The van der Waals surface area contributed by atoms with Crippen LogP contribution in [0.5, 0.6) is 5.75 Å². The molecular formula is C27H31N5O4. The van der Waals surface area contributed by atoms with E-state index < -0.39 is 5.97 Å². The summed E-state index contributed by atoms with van der Waals surface area (Å²) >= 11 is 0. The highest BCUT2D eigenvalue weighted by Crippen LogP contribution is 2.29. The first kappa shape index (κ1) is 25.0. The molecule has 1 aromatic carbocycles. The van der Waals surface area contributed by atoms with E-state index in [4.69, 9.17) is 15.2 Å². The molecule has 0 amide bonds. The Labute approximate surface area is 209 Å². The minimum atomic E-state index is -0.464. The van der Waals surface area contributed by atoms with Crippen molar-refractivity contribution in [1.82, 2.24) is 19.1 Å². The van der Waals surface area contributed by atoms with Crippen LogP contribution in [-0.4, -0.2) is 38.8 Å². The summed E-state index contributed by atoms with van der Waals surface area (Å²) in [6.45, 7) is 5.19. The highest BCUT2D eigenvalue weighted by Gasteiger charge is 2.16. The molecule has 3 aromatic heterocycles. The molecule has 36 heavy (non-hydrogen) atoms. The Hall–Kier alpha value is -4.14. The smallest absolute Gasteiger partial charge is 0.337 e. The van der Waals surface area contributed by atoms with Gasteiger partial charge in [-0.25, -0.2) is 9.78 Å². The predicted molar refractivity (Wildman–Crippen MR) is 139 cm³/mol. The number of para-hydroxylation sites is 2. The number of nitrogens with two attached hydrogens (primary N) is 1. The number of methoxy groups -OCH3 is 1. The first-order chi connectivity index (χ1) is 17.3. The molecule has 0 aliphatic rings. The van der Waals surface area contributed by atoms with Crippen LogP contribution in [0.1, 0.15) is 35.8 Å². The molecule has 0 aliphatic carbocycles. The van der Waals surface area contributed by atoms with Gasteiger partial charge in [0.15, 0.2) is 0 Å². The second kappa shape index (κ2) is 10.6. The van der Waals surface area contributed by atoms with Crippen molar-refractivity contribution in [3.63, 3.8) is 0 Å². The lowest BCUT2D eigenvalue weighted by molar-refractivity contribution is 0.0600. The van der Waals surface area contributed by atoms with Crippen molar-refractivity contribution in [3.8, 4) is 17.0 Å². The molecule has 0 radical (unpaired) electrons. The lowest BCUT2D eigenvalue weighted by Crippen LogP contribution is -2.17. The number of carbonyl (C=O) groups excluding carboxylic acids is 1. The summed E-state index contributed by atoms with van der Waals surface area (Å²) in [7, 11) is 3.00. The van der Waals surface area contributed by atoms with Crippen LogP contribution in [0.4, 0.5) is 5.95 Å². The summed E-state index contributed by atoms with van der Waals surface area (Å²) in [6, 6.07) is 12.7. The molecule has 3 heterocycles. The van der Waals surface area contributed by atoms with Crippen molar-refractivity contribution in [2.24, 2.45) is 13.0 Å². The number of nitrogen functional groups attached to an aromatic ring is 1. The van der Waals surface area contributed by atoms with Crippen molar-refractivity contribution in [1.29, 1.82) is 0 Å². The van der Waals surface area contributed by atoms with E-state index >= 15 is 0 Å². The van der Waals surface area contributed by atoms with Gasteiger partial charge in [-0.3, -0.25) is 9.78 Å². The average molecular weight is 490 g/mol. The van der Waals surface area contributed by atoms with Crippen LogP contribution in [-0.2, 0) is 18.3 Å². The lowest BCUT2D eigenvalue weighted by atomic mass is 10.1. The quantitative estimate of drug-likeness (QED) is 0.279. The molecule has 4 aromatic rings. The van der Waals surface area contributed by atoms with Gasteiger partial charge in [0.25, 0.3) is 5.56 Å². The molecule has 9 heteroatoms. The number of hydrogen-bond acceptors (Lipinski definition) is 7. The number of carbonyl (C=O) groups is 1. The van der Waals surface area contributed by atoms with Crippen LogP contribution < -0.4 is 16.0 Å². The largest absolute Gasteiger partial charge is 0.491 e. The molecule has 0 unspecified atom stereocenters. The lowest BCUT2D eigenvalue weighted by Gasteiger charge is -2.16. The van der Waals surface area contributed by atoms with Crippen LogP contribution >= 0.6 is 0 Å². The summed E-state index contributed by atoms with van der Waals surface area (Å²) in [5.74, 6) is 0.942. The second-order valence-electron chi connectivity index (χ2n) is 9.04. The van der Waals surface area contributed by atoms with Crippen LogP contribution in [0.25, 0.3) is 22.3 Å². The highest BCUT2D eigenvalue weighted by molar-refractivity contribution is 5.91. The number of nitrogens with zero attached hydrogens (tertiary/aromatic N) is 4. The summed E-state index contributed by atoms with van der Waals surface area (Å²) in [6.07, 6.45) is 3.38. The van der Waals surface area contributed by atoms with Crippen molar-refractivity contribution < 1.29 is 14.3 Å². The van der Waals surface area contributed by atoms with Crippen molar-refractivity contribution in [3.05, 3.63) is 70.3 Å². The van der Waals surface area contributed by atoms with Crippen LogP contribution in [0, 0.1) is 12.8 Å². The zero-order valence-electron chi connectivity index (χ0n) is 21.0. The van der Waals surface area contributed by atoms with Gasteiger partial charge < -0.3 is 24.3 Å². The van der Waals surface area contributed by atoms with Crippen LogP contribution in [0.2, 0.25) is 0 Å². The molecular weight excluding hydrogens is 458 g/mol.